The number of carbonyl (C=O) groups is 1. The summed E-state index contributed by atoms with van der Waals surface area (Å²) < 4.78 is 0. The summed E-state index contributed by atoms with van der Waals surface area (Å²) in [6.07, 6.45) is 0. The van der Waals surface area contributed by atoms with Crippen LogP contribution in [0.4, 0.5) is 4.79 Å². The predicted molar refractivity (Wildman–Crippen MR) is 91.1 cm³/mol. The van der Waals surface area contributed by atoms with Gasteiger partial charge in [-0.3, -0.25) is 4.90 Å². The Morgan fingerprint density at radius 3 is 2.18 bits per heavy atom. The number of nitrogens with zero attached hydrogens (tertiary/aromatic N) is 3. The number of amides is 2. The average molecular weight is 303 g/mol. The van der Waals surface area contributed by atoms with Crippen LogP contribution in [0, 0.1) is 5.92 Å². The van der Waals surface area contributed by atoms with Gasteiger partial charge in [-0.05, 0) is 17.4 Å². The van der Waals surface area contributed by atoms with E-state index in [0.717, 1.165) is 32.7 Å². The van der Waals surface area contributed by atoms with E-state index in [2.05, 4.69) is 49.1 Å². The van der Waals surface area contributed by atoms with Crippen molar-refractivity contribution < 1.29 is 4.79 Å². The van der Waals surface area contributed by atoms with Gasteiger partial charge >= 0.3 is 6.03 Å². The molecule has 0 N–H and O–H groups in total. The van der Waals surface area contributed by atoms with Crippen LogP contribution in [0.25, 0.3) is 0 Å². The maximum atomic E-state index is 12.0. The van der Waals surface area contributed by atoms with E-state index in [1.807, 2.05) is 19.0 Å². The first kappa shape index (κ1) is 16.8. The van der Waals surface area contributed by atoms with Gasteiger partial charge in [0.25, 0.3) is 0 Å². The maximum Gasteiger partial charge on any atom is 0.319 e. The third-order valence-corrected chi connectivity index (χ3v) is 4.51. The summed E-state index contributed by atoms with van der Waals surface area (Å²) in [6.45, 7) is 9.26. The molecule has 0 aromatic heterocycles. The number of benzene rings is 1. The van der Waals surface area contributed by atoms with Crippen molar-refractivity contribution in [1.29, 1.82) is 0 Å². The summed E-state index contributed by atoms with van der Waals surface area (Å²) in [4.78, 5) is 18.1. The summed E-state index contributed by atoms with van der Waals surface area (Å²) in [7, 11) is 3.64. The molecule has 0 aliphatic carbocycles. The molecule has 0 spiro atoms. The van der Waals surface area contributed by atoms with Gasteiger partial charge in [-0.25, -0.2) is 4.79 Å². The lowest BCUT2D eigenvalue weighted by Gasteiger charge is -2.38. The standard InChI is InChI=1S/C18H29N3O/c1-15(2)17(16-8-6-5-7-9-16)14-20-10-12-21(13-11-20)18(22)19(3)4/h5-9,15,17H,10-14H2,1-4H3/t17-/m0/s1. The van der Waals surface area contributed by atoms with E-state index in [0.29, 0.717) is 11.8 Å². The Kier molecular flexibility index (Phi) is 5.83. The van der Waals surface area contributed by atoms with E-state index >= 15 is 0 Å². The largest absolute Gasteiger partial charge is 0.331 e. The first-order valence-electron chi connectivity index (χ1n) is 8.22. The minimum atomic E-state index is 0.128. The van der Waals surface area contributed by atoms with E-state index in [1.165, 1.54) is 5.56 Å². The highest BCUT2D eigenvalue weighted by atomic mass is 16.2. The molecule has 1 aromatic rings. The Morgan fingerprint density at radius 2 is 1.68 bits per heavy atom. The molecule has 122 valence electrons. The summed E-state index contributed by atoms with van der Waals surface area (Å²) >= 11 is 0. The first-order chi connectivity index (χ1) is 10.5. The fourth-order valence-electron chi connectivity index (χ4n) is 3.08. The van der Waals surface area contributed by atoms with Gasteiger partial charge in [0.2, 0.25) is 0 Å². The Labute approximate surface area is 134 Å². The molecule has 22 heavy (non-hydrogen) atoms. The van der Waals surface area contributed by atoms with Gasteiger partial charge in [-0.1, -0.05) is 44.2 Å². The lowest BCUT2D eigenvalue weighted by Crippen LogP contribution is -2.52. The smallest absolute Gasteiger partial charge is 0.319 e. The molecular weight excluding hydrogens is 274 g/mol. The second kappa shape index (κ2) is 7.63. The van der Waals surface area contributed by atoms with Gasteiger partial charge in [0.15, 0.2) is 0 Å². The predicted octanol–water partition coefficient (Wildman–Crippen LogP) is 2.73. The lowest BCUT2D eigenvalue weighted by molar-refractivity contribution is 0.116. The van der Waals surface area contributed by atoms with Crippen LogP contribution in [0.15, 0.2) is 30.3 Å². The van der Waals surface area contributed by atoms with Crippen molar-refractivity contribution >= 4 is 6.03 Å². The highest BCUT2D eigenvalue weighted by Gasteiger charge is 2.25. The molecule has 4 heteroatoms. The fraction of sp³-hybridized carbons (Fsp3) is 0.611. The lowest BCUT2D eigenvalue weighted by atomic mass is 9.88. The van der Waals surface area contributed by atoms with Crippen LogP contribution in [0.3, 0.4) is 0 Å². The monoisotopic (exact) mass is 303 g/mol. The molecule has 1 fully saturated rings. The second-order valence-corrected chi connectivity index (χ2v) is 6.73. The SMILES string of the molecule is CC(C)[C@H](CN1CCN(C(=O)N(C)C)CC1)c1ccccc1. The average Bonchev–Trinajstić information content (AvgIpc) is 2.53. The molecule has 2 amide bonds. The molecule has 1 atom stereocenters. The molecule has 0 unspecified atom stereocenters. The quantitative estimate of drug-likeness (QED) is 0.855. The number of piperazine rings is 1. The van der Waals surface area contributed by atoms with Crippen LogP contribution in [-0.4, -0.2) is 67.5 Å². The molecule has 1 aromatic carbocycles. The van der Waals surface area contributed by atoms with Crippen molar-refractivity contribution in [1.82, 2.24) is 14.7 Å². The molecule has 1 saturated heterocycles. The number of rotatable bonds is 4. The van der Waals surface area contributed by atoms with E-state index in [9.17, 15) is 4.79 Å². The zero-order valence-corrected chi connectivity index (χ0v) is 14.3. The highest BCUT2D eigenvalue weighted by Crippen LogP contribution is 2.25. The molecule has 1 aliphatic heterocycles. The molecular formula is C18H29N3O. The van der Waals surface area contributed by atoms with Gasteiger partial charge in [0.05, 0.1) is 0 Å². The van der Waals surface area contributed by atoms with Crippen molar-refractivity contribution in [3.05, 3.63) is 35.9 Å². The summed E-state index contributed by atoms with van der Waals surface area (Å²) in [5.41, 5.74) is 1.42. The van der Waals surface area contributed by atoms with Crippen LogP contribution < -0.4 is 0 Å². The number of hydrogen-bond donors (Lipinski definition) is 0. The molecule has 0 saturated carbocycles. The second-order valence-electron chi connectivity index (χ2n) is 6.73. The van der Waals surface area contributed by atoms with Crippen LogP contribution in [0.5, 0.6) is 0 Å². The summed E-state index contributed by atoms with van der Waals surface area (Å²) in [5, 5.41) is 0. The maximum absolute atomic E-state index is 12.0. The van der Waals surface area contributed by atoms with E-state index in [4.69, 9.17) is 0 Å². The van der Waals surface area contributed by atoms with Crippen molar-refractivity contribution in [3.8, 4) is 0 Å². The molecule has 2 rings (SSSR count). The van der Waals surface area contributed by atoms with E-state index < -0.39 is 0 Å². The van der Waals surface area contributed by atoms with E-state index in [1.54, 1.807) is 4.90 Å². The minimum absolute atomic E-state index is 0.128. The number of hydrogen-bond acceptors (Lipinski definition) is 2. The number of urea groups is 1. The Hall–Kier alpha value is -1.55. The summed E-state index contributed by atoms with van der Waals surface area (Å²) in [5.74, 6) is 1.17. The Morgan fingerprint density at radius 1 is 1.09 bits per heavy atom. The minimum Gasteiger partial charge on any atom is -0.331 e. The van der Waals surface area contributed by atoms with Crippen LogP contribution in [0.2, 0.25) is 0 Å². The van der Waals surface area contributed by atoms with Crippen LogP contribution in [-0.2, 0) is 0 Å². The Bertz CT molecular complexity index is 464. The van der Waals surface area contributed by atoms with Crippen LogP contribution in [0.1, 0.15) is 25.3 Å². The fourth-order valence-corrected chi connectivity index (χ4v) is 3.08. The third-order valence-electron chi connectivity index (χ3n) is 4.51. The summed E-state index contributed by atoms with van der Waals surface area (Å²) in [6, 6.07) is 10.9. The molecule has 4 nitrogen and oxygen atoms in total. The zero-order chi connectivity index (χ0) is 16.1. The normalized spacial score (nSPS) is 17.6. The van der Waals surface area contributed by atoms with Crippen molar-refractivity contribution in [2.75, 3.05) is 46.8 Å². The molecule has 0 bridgehead atoms. The molecule has 1 heterocycles. The van der Waals surface area contributed by atoms with Crippen molar-refractivity contribution in [3.63, 3.8) is 0 Å². The van der Waals surface area contributed by atoms with Crippen LogP contribution >= 0.6 is 0 Å². The molecule has 0 radical (unpaired) electrons. The van der Waals surface area contributed by atoms with Gasteiger partial charge in [0, 0.05) is 46.8 Å². The molecule has 1 aliphatic rings. The van der Waals surface area contributed by atoms with Gasteiger partial charge in [-0.15, -0.1) is 0 Å². The van der Waals surface area contributed by atoms with Crippen molar-refractivity contribution in [2.24, 2.45) is 5.92 Å². The Balaban J connectivity index is 1.92. The third kappa shape index (κ3) is 4.23. The topological polar surface area (TPSA) is 26.8 Å². The first-order valence-corrected chi connectivity index (χ1v) is 8.22. The van der Waals surface area contributed by atoms with Crippen molar-refractivity contribution in [2.45, 2.75) is 19.8 Å². The number of carbonyl (C=O) groups excluding carboxylic acids is 1. The van der Waals surface area contributed by atoms with Gasteiger partial charge < -0.3 is 9.80 Å². The van der Waals surface area contributed by atoms with Gasteiger partial charge in [-0.2, -0.15) is 0 Å². The highest BCUT2D eigenvalue weighted by molar-refractivity contribution is 5.73. The zero-order valence-electron chi connectivity index (χ0n) is 14.3. The van der Waals surface area contributed by atoms with Gasteiger partial charge in [0.1, 0.15) is 0 Å². The van der Waals surface area contributed by atoms with E-state index in [-0.39, 0.29) is 6.03 Å².